The number of nitrogens with zero attached hydrogens (tertiary/aromatic N) is 1. The van der Waals surface area contributed by atoms with Crippen LogP contribution in [0.4, 0.5) is 0 Å². The lowest BCUT2D eigenvalue weighted by Gasteiger charge is -2.22. The Balaban J connectivity index is 1.83. The molecule has 2 aliphatic rings. The molecule has 0 bridgehead atoms. The molecular weight excluding hydrogens is 214 g/mol. The van der Waals surface area contributed by atoms with E-state index in [4.69, 9.17) is 4.74 Å². The molecule has 2 rings (SSSR count). The van der Waals surface area contributed by atoms with Gasteiger partial charge in [0.25, 0.3) is 0 Å². The highest BCUT2D eigenvalue weighted by atomic mass is 16.5. The Bertz CT molecular complexity index is 247. The molecule has 0 aromatic rings. The Morgan fingerprint density at radius 3 is 2.53 bits per heavy atom. The molecule has 98 valence electrons. The van der Waals surface area contributed by atoms with Crippen molar-refractivity contribution in [1.29, 1.82) is 0 Å². The van der Waals surface area contributed by atoms with Gasteiger partial charge in [-0.2, -0.15) is 0 Å². The van der Waals surface area contributed by atoms with Crippen LogP contribution in [0.15, 0.2) is 0 Å². The third-order valence-electron chi connectivity index (χ3n) is 4.20. The highest BCUT2D eigenvalue weighted by molar-refractivity contribution is 5.79. The summed E-state index contributed by atoms with van der Waals surface area (Å²) >= 11 is 0. The van der Waals surface area contributed by atoms with E-state index >= 15 is 0 Å². The van der Waals surface area contributed by atoms with E-state index in [2.05, 4.69) is 4.90 Å². The maximum absolute atomic E-state index is 12.4. The van der Waals surface area contributed by atoms with E-state index in [1.807, 2.05) is 0 Å². The number of methoxy groups -OCH3 is 1. The molecule has 17 heavy (non-hydrogen) atoms. The predicted molar refractivity (Wildman–Crippen MR) is 67.8 cm³/mol. The van der Waals surface area contributed by atoms with Crippen molar-refractivity contribution in [2.24, 2.45) is 11.8 Å². The highest BCUT2D eigenvalue weighted by Gasteiger charge is 2.30. The van der Waals surface area contributed by atoms with Crippen LogP contribution in [-0.2, 0) is 9.53 Å². The molecule has 3 nitrogen and oxygen atoms in total. The van der Waals surface area contributed by atoms with Crippen LogP contribution >= 0.6 is 0 Å². The SMILES string of the molecule is COCC1CCN(C(=O)C2CCCCCC2)C1. The Kier molecular flexibility index (Phi) is 4.84. The summed E-state index contributed by atoms with van der Waals surface area (Å²) in [6.45, 7) is 2.67. The summed E-state index contributed by atoms with van der Waals surface area (Å²) in [4.78, 5) is 14.5. The van der Waals surface area contributed by atoms with Crippen molar-refractivity contribution in [1.82, 2.24) is 4.90 Å². The lowest BCUT2D eigenvalue weighted by atomic mass is 9.99. The second kappa shape index (κ2) is 6.39. The minimum atomic E-state index is 0.318. The van der Waals surface area contributed by atoms with Gasteiger partial charge in [-0.1, -0.05) is 25.7 Å². The minimum Gasteiger partial charge on any atom is -0.384 e. The molecule has 1 atom stereocenters. The van der Waals surface area contributed by atoms with Gasteiger partial charge >= 0.3 is 0 Å². The number of rotatable bonds is 3. The van der Waals surface area contributed by atoms with Gasteiger partial charge in [0.15, 0.2) is 0 Å². The first-order valence-corrected chi connectivity index (χ1v) is 7.09. The standard InChI is InChI=1S/C14H25NO2/c1-17-11-12-8-9-15(10-12)14(16)13-6-4-2-3-5-7-13/h12-13H,2-11H2,1H3. The summed E-state index contributed by atoms with van der Waals surface area (Å²) in [5.74, 6) is 1.30. The molecule has 0 N–H and O–H groups in total. The van der Waals surface area contributed by atoms with Crippen LogP contribution in [0.25, 0.3) is 0 Å². The van der Waals surface area contributed by atoms with E-state index in [0.717, 1.165) is 39.0 Å². The molecule has 1 aliphatic heterocycles. The molecular formula is C14H25NO2. The van der Waals surface area contributed by atoms with E-state index in [1.165, 1.54) is 25.7 Å². The van der Waals surface area contributed by atoms with E-state index in [-0.39, 0.29) is 0 Å². The highest BCUT2D eigenvalue weighted by Crippen LogP contribution is 2.27. The van der Waals surface area contributed by atoms with Crippen molar-refractivity contribution in [3.8, 4) is 0 Å². The molecule has 2 fully saturated rings. The summed E-state index contributed by atoms with van der Waals surface area (Å²) in [6, 6.07) is 0. The maximum atomic E-state index is 12.4. The molecule has 1 unspecified atom stereocenters. The van der Waals surface area contributed by atoms with Gasteiger partial charge in [0, 0.05) is 32.0 Å². The molecule has 0 aromatic heterocycles. The molecule has 1 saturated carbocycles. The third-order valence-corrected chi connectivity index (χ3v) is 4.20. The zero-order chi connectivity index (χ0) is 12.1. The van der Waals surface area contributed by atoms with Crippen LogP contribution in [0.5, 0.6) is 0 Å². The summed E-state index contributed by atoms with van der Waals surface area (Å²) in [5, 5.41) is 0. The first-order valence-electron chi connectivity index (χ1n) is 7.09. The first kappa shape index (κ1) is 12.9. The van der Waals surface area contributed by atoms with Crippen LogP contribution in [0.2, 0.25) is 0 Å². The Labute approximate surface area is 105 Å². The van der Waals surface area contributed by atoms with Crippen molar-refractivity contribution in [2.75, 3.05) is 26.8 Å². The van der Waals surface area contributed by atoms with Gasteiger partial charge in [0.2, 0.25) is 5.91 Å². The smallest absolute Gasteiger partial charge is 0.225 e. The van der Waals surface area contributed by atoms with Gasteiger partial charge in [-0.25, -0.2) is 0 Å². The van der Waals surface area contributed by atoms with Crippen LogP contribution in [0, 0.1) is 11.8 Å². The number of amides is 1. The van der Waals surface area contributed by atoms with Crippen molar-refractivity contribution in [3.63, 3.8) is 0 Å². The van der Waals surface area contributed by atoms with Crippen LogP contribution in [0.3, 0.4) is 0 Å². The molecule has 0 spiro atoms. The van der Waals surface area contributed by atoms with Gasteiger partial charge in [-0.3, -0.25) is 4.79 Å². The number of ether oxygens (including phenoxy) is 1. The number of hydrogen-bond acceptors (Lipinski definition) is 2. The lowest BCUT2D eigenvalue weighted by molar-refractivity contribution is -0.135. The normalized spacial score (nSPS) is 27.1. The summed E-state index contributed by atoms with van der Waals surface area (Å²) < 4.78 is 5.18. The summed E-state index contributed by atoms with van der Waals surface area (Å²) in [6.07, 6.45) is 8.46. The Morgan fingerprint density at radius 2 is 1.88 bits per heavy atom. The number of carbonyl (C=O) groups excluding carboxylic acids is 1. The van der Waals surface area contributed by atoms with Crippen molar-refractivity contribution in [2.45, 2.75) is 44.9 Å². The minimum absolute atomic E-state index is 0.318. The van der Waals surface area contributed by atoms with E-state index in [1.54, 1.807) is 7.11 Å². The number of carbonyl (C=O) groups is 1. The molecule has 1 aliphatic carbocycles. The second-order valence-electron chi connectivity index (χ2n) is 5.58. The fraction of sp³-hybridized carbons (Fsp3) is 0.929. The van der Waals surface area contributed by atoms with E-state index < -0.39 is 0 Å². The van der Waals surface area contributed by atoms with Gasteiger partial charge in [0.05, 0.1) is 6.61 Å². The predicted octanol–water partition coefficient (Wildman–Crippen LogP) is 2.45. The average molecular weight is 239 g/mol. The Hall–Kier alpha value is -0.570. The topological polar surface area (TPSA) is 29.5 Å². The summed E-state index contributed by atoms with van der Waals surface area (Å²) in [7, 11) is 1.75. The van der Waals surface area contributed by atoms with E-state index in [9.17, 15) is 4.79 Å². The second-order valence-corrected chi connectivity index (χ2v) is 5.58. The van der Waals surface area contributed by atoms with Gasteiger partial charge in [0.1, 0.15) is 0 Å². The molecule has 0 aromatic carbocycles. The lowest BCUT2D eigenvalue weighted by Crippen LogP contribution is -2.34. The molecule has 3 heteroatoms. The fourth-order valence-electron chi connectivity index (χ4n) is 3.19. The fourth-order valence-corrected chi connectivity index (χ4v) is 3.19. The largest absolute Gasteiger partial charge is 0.384 e. The van der Waals surface area contributed by atoms with Crippen molar-refractivity contribution >= 4 is 5.91 Å². The maximum Gasteiger partial charge on any atom is 0.225 e. The average Bonchev–Trinajstić information content (AvgIpc) is 2.64. The number of hydrogen-bond donors (Lipinski definition) is 0. The Morgan fingerprint density at radius 1 is 1.18 bits per heavy atom. The van der Waals surface area contributed by atoms with Gasteiger partial charge in [-0.15, -0.1) is 0 Å². The molecule has 1 heterocycles. The first-order chi connectivity index (χ1) is 8.31. The molecule has 1 amide bonds. The van der Waals surface area contributed by atoms with Gasteiger partial charge in [-0.05, 0) is 19.3 Å². The zero-order valence-electron chi connectivity index (χ0n) is 11.0. The van der Waals surface area contributed by atoms with E-state index in [0.29, 0.717) is 17.7 Å². The summed E-state index contributed by atoms with van der Waals surface area (Å²) in [5.41, 5.74) is 0. The van der Waals surface area contributed by atoms with Gasteiger partial charge < -0.3 is 9.64 Å². The zero-order valence-corrected chi connectivity index (χ0v) is 11.0. The quantitative estimate of drug-likeness (QED) is 0.708. The molecule has 1 saturated heterocycles. The van der Waals surface area contributed by atoms with Crippen LogP contribution in [-0.4, -0.2) is 37.6 Å². The molecule has 0 radical (unpaired) electrons. The van der Waals surface area contributed by atoms with Crippen LogP contribution in [0.1, 0.15) is 44.9 Å². The monoisotopic (exact) mass is 239 g/mol. The van der Waals surface area contributed by atoms with Crippen molar-refractivity contribution < 1.29 is 9.53 Å². The van der Waals surface area contributed by atoms with Crippen LogP contribution < -0.4 is 0 Å². The van der Waals surface area contributed by atoms with Crippen molar-refractivity contribution in [3.05, 3.63) is 0 Å². The number of likely N-dealkylation sites (tertiary alicyclic amines) is 1. The third kappa shape index (κ3) is 3.44.